The van der Waals surface area contributed by atoms with Gasteiger partial charge in [0.05, 0.1) is 30.4 Å². The molecule has 9 heteroatoms. The smallest absolute Gasteiger partial charge is 0.265 e. The summed E-state index contributed by atoms with van der Waals surface area (Å²) in [5.41, 5.74) is 0.567. The topological polar surface area (TPSA) is 88.2 Å². The molecule has 0 bridgehead atoms. The largest absolute Gasteiger partial charge is 0.381 e. The second-order valence-corrected chi connectivity index (χ2v) is 10.1. The van der Waals surface area contributed by atoms with E-state index in [-0.39, 0.29) is 23.4 Å². The molecular weight excluding hydrogens is 418 g/mol. The number of carbonyl (C=O) groups excluding carboxylic acids is 1. The van der Waals surface area contributed by atoms with Crippen molar-refractivity contribution in [3.63, 3.8) is 0 Å². The third kappa shape index (κ3) is 3.80. The van der Waals surface area contributed by atoms with Crippen molar-refractivity contribution in [2.24, 2.45) is 5.92 Å². The monoisotopic (exact) mass is 445 g/mol. The minimum atomic E-state index is -3.74. The maximum atomic E-state index is 13.1. The van der Waals surface area contributed by atoms with Crippen LogP contribution in [0, 0.1) is 5.92 Å². The first kappa shape index (κ1) is 20.7. The Balaban J connectivity index is 1.30. The lowest BCUT2D eigenvalue weighted by Crippen LogP contribution is -2.53. The van der Waals surface area contributed by atoms with E-state index in [9.17, 15) is 13.2 Å². The number of sulfonamides is 1. The Bertz CT molecular complexity index is 1070. The fourth-order valence-electron chi connectivity index (χ4n) is 4.89. The second-order valence-electron chi connectivity index (χ2n) is 8.29. The van der Waals surface area contributed by atoms with Gasteiger partial charge >= 0.3 is 0 Å². The van der Waals surface area contributed by atoms with Crippen molar-refractivity contribution in [2.45, 2.75) is 17.4 Å². The fraction of sp³-hybridized carbons (Fsp3) is 0.500. The molecule has 2 saturated heterocycles. The molecule has 166 valence electrons. The van der Waals surface area contributed by atoms with Crippen molar-refractivity contribution in [2.75, 3.05) is 56.9 Å². The van der Waals surface area contributed by atoms with Crippen molar-refractivity contribution in [1.29, 1.82) is 0 Å². The van der Waals surface area contributed by atoms with Crippen LogP contribution < -0.4 is 9.62 Å². The molecule has 3 aliphatic rings. The van der Waals surface area contributed by atoms with E-state index in [0.29, 0.717) is 43.4 Å². The predicted molar refractivity (Wildman–Crippen MR) is 117 cm³/mol. The van der Waals surface area contributed by atoms with Gasteiger partial charge in [-0.1, -0.05) is 24.3 Å². The zero-order valence-electron chi connectivity index (χ0n) is 17.3. The summed E-state index contributed by atoms with van der Waals surface area (Å²) in [4.78, 5) is 15.5. The Kier molecular flexibility index (Phi) is 5.60. The molecule has 2 fully saturated rings. The van der Waals surface area contributed by atoms with E-state index >= 15 is 0 Å². The molecule has 8 nitrogen and oxygen atoms in total. The van der Waals surface area contributed by atoms with Crippen LogP contribution in [0.2, 0.25) is 0 Å². The van der Waals surface area contributed by atoms with Crippen LogP contribution in [0.15, 0.2) is 41.3 Å². The van der Waals surface area contributed by atoms with Crippen molar-refractivity contribution < 1.29 is 22.7 Å². The van der Waals surface area contributed by atoms with Gasteiger partial charge in [0.15, 0.2) is 0 Å². The summed E-state index contributed by atoms with van der Waals surface area (Å²) in [6.45, 7) is 4.71. The Morgan fingerprint density at radius 1 is 1.10 bits per heavy atom. The first-order valence-electron chi connectivity index (χ1n) is 10.8. The number of benzene rings is 2. The molecule has 2 aromatic carbocycles. The molecule has 1 N–H and O–H groups in total. The van der Waals surface area contributed by atoms with Crippen LogP contribution in [0.3, 0.4) is 0 Å². The van der Waals surface area contributed by atoms with E-state index in [1.807, 2.05) is 18.2 Å². The summed E-state index contributed by atoms with van der Waals surface area (Å²) >= 11 is 0. The zero-order chi connectivity index (χ0) is 21.4. The van der Waals surface area contributed by atoms with E-state index in [1.165, 1.54) is 4.31 Å². The summed E-state index contributed by atoms with van der Waals surface area (Å²) in [6, 6.07) is 10.9. The van der Waals surface area contributed by atoms with Gasteiger partial charge in [0.25, 0.3) is 10.0 Å². The number of carbonyl (C=O) groups is 1. The van der Waals surface area contributed by atoms with Gasteiger partial charge in [0, 0.05) is 43.6 Å². The number of nitrogens with one attached hydrogen (secondary N) is 1. The molecule has 1 amide bonds. The van der Waals surface area contributed by atoms with Gasteiger partial charge < -0.3 is 14.8 Å². The van der Waals surface area contributed by atoms with Crippen molar-refractivity contribution in [3.8, 4) is 0 Å². The lowest BCUT2D eigenvalue weighted by molar-refractivity contribution is -0.120. The van der Waals surface area contributed by atoms with Crippen LogP contribution in [0.4, 0.5) is 5.69 Å². The molecule has 2 aromatic rings. The summed E-state index contributed by atoms with van der Waals surface area (Å²) < 4.78 is 38.5. The quantitative estimate of drug-likeness (QED) is 0.719. The third-order valence-corrected chi connectivity index (χ3v) is 8.30. The number of morpholine rings is 1. The predicted octanol–water partition coefficient (Wildman–Crippen LogP) is 1.20. The highest BCUT2D eigenvalue weighted by molar-refractivity contribution is 7.93. The maximum Gasteiger partial charge on any atom is 0.265 e. The lowest BCUT2D eigenvalue weighted by atomic mass is 9.97. The standard InChI is InChI=1S/C22H27N3O5S/c26-21(23-13-19(17-7-10-30-15-17)24-8-11-29-12-9-24)14-25-18-5-1-3-16-4-2-6-20(22(16)18)31(25,27)28/h1-6,17,19H,7-15H2,(H,23,26). The molecular formula is C22H27N3O5S. The third-order valence-electron chi connectivity index (χ3n) is 6.50. The highest BCUT2D eigenvalue weighted by Gasteiger charge is 2.37. The Morgan fingerprint density at radius 3 is 2.61 bits per heavy atom. The molecule has 3 heterocycles. The Hall–Kier alpha value is -2.20. The van der Waals surface area contributed by atoms with Crippen LogP contribution in [-0.4, -0.2) is 77.9 Å². The van der Waals surface area contributed by atoms with Gasteiger partial charge in [-0.2, -0.15) is 0 Å². The fourth-order valence-corrected chi connectivity index (χ4v) is 6.56. The zero-order valence-corrected chi connectivity index (χ0v) is 18.1. The number of nitrogens with zero attached hydrogens (tertiary/aromatic N) is 2. The minimum Gasteiger partial charge on any atom is -0.381 e. The molecule has 3 aliphatic heterocycles. The molecule has 0 aliphatic carbocycles. The number of hydrogen-bond acceptors (Lipinski definition) is 6. The summed E-state index contributed by atoms with van der Waals surface area (Å²) in [6.07, 6.45) is 0.968. The maximum absolute atomic E-state index is 13.1. The number of rotatable bonds is 6. The number of ether oxygens (including phenoxy) is 2. The van der Waals surface area contributed by atoms with Crippen LogP contribution in [0.1, 0.15) is 6.42 Å². The number of anilines is 1. The molecule has 0 aromatic heterocycles. The van der Waals surface area contributed by atoms with Gasteiger partial charge in [-0.05, 0) is 23.9 Å². The van der Waals surface area contributed by atoms with E-state index < -0.39 is 10.0 Å². The summed E-state index contributed by atoms with van der Waals surface area (Å²) in [7, 11) is -3.74. The van der Waals surface area contributed by atoms with Gasteiger partial charge in [-0.3, -0.25) is 14.0 Å². The molecule has 0 radical (unpaired) electrons. The van der Waals surface area contributed by atoms with Gasteiger partial charge in [0.1, 0.15) is 6.54 Å². The SMILES string of the molecule is O=C(CN1c2cccc3cccc(c23)S1(=O)=O)NCC(C1CCOC1)N1CCOCC1. The van der Waals surface area contributed by atoms with E-state index in [4.69, 9.17) is 9.47 Å². The number of hydrogen-bond donors (Lipinski definition) is 1. The highest BCUT2D eigenvalue weighted by Crippen LogP contribution is 2.41. The average Bonchev–Trinajstić information content (AvgIpc) is 3.38. The molecule has 2 atom stereocenters. The molecule has 0 saturated carbocycles. The Labute approximate surface area is 182 Å². The first-order chi connectivity index (χ1) is 15.1. The lowest BCUT2D eigenvalue weighted by Gasteiger charge is -2.37. The van der Waals surface area contributed by atoms with E-state index in [0.717, 1.165) is 31.5 Å². The van der Waals surface area contributed by atoms with Crippen LogP contribution in [-0.2, 0) is 24.3 Å². The van der Waals surface area contributed by atoms with Crippen LogP contribution >= 0.6 is 0 Å². The van der Waals surface area contributed by atoms with Crippen LogP contribution in [0.25, 0.3) is 10.8 Å². The van der Waals surface area contributed by atoms with Crippen molar-refractivity contribution in [3.05, 3.63) is 36.4 Å². The molecule has 31 heavy (non-hydrogen) atoms. The number of amides is 1. The summed E-state index contributed by atoms with van der Waals surface area (Å²) in [5, 5.41) is 4.54. The van der Waals surface area contributed by atoms with Crippen molar-refractivity contribution in [1.82, 2.24) is 10.2 Å². The normalized spacial score (nSPS) is 23.9. The van der Waals surface area contributed by atoms with E-state index in [1.54, 1.807) is 18.2 Å². The molecule has 5 rings (SSSR count). The molecule has 0 spiro atoms. The van der Waals surface area contributed by atoms with Gasteiger partial charge in [-0.15, -0.1) is 0 Å². The van der Waals surface area contributed by atoms with Crippen LogP contribution in [0.5, 0.6) is 0 Å². The second kappa shape index (κ2) is 8.38. The summed E-state index contributed by atoms with van der Waals surface area (Å²) in [5.74, 6) is 0.0532. The minimum absolute atomic E-state index is 0.158. The van der Waals surface area contributed by atoms with Gasteiger partial charge in [0.2, 0.25) is 5.91 Å². The van der Waals surface area contributed by atoms with Gasteiger partial charge in [-0.25, -0.2) is 8.42 Å². The van der Waals surface area contributed by atoms with E-state index in [2.05, 4.69) is 10.2 Å². The average molecular weight is 446 g/mol. The molecule has 2 unspecified atom stereocenters. The Morgan fingerprint density at radius 2 is 1.87 bits per heavy atom. The van der Waals surface area contributed by atoms with Crippen molar-refractivity contribution >= 4 is 32.4 Å². The highest BCUT2D eigenvalue weighted by atomic mass is 32.2. The first-order valence-corrected chi connectivity index (χ1v) is 12.2.